The highest BCUT2D eigenvalue weighted by Crippen LogP contribution is 2.31. The molecule has 1 amide bonds. The maximum Gasteiger partial charge on any atom is 0.263 e. The Morgan fingerprint density at radius 3 is 2.48 bits per heavy atom. The Labute approximate surface area is 149 Å². The van der Waals surface area contributed by atoms with Crippen LogP contribution in [-0.4, -0.2) is 20.6 Å². The molecule has 0 atom stereocenters. The third-order valence-corrected chi connectivity index (χ3v) is 4.27. The largest absolute Gasteiger partial charge is 0.511 e. The number of carbonyl (C=O) groups excluding carboxylic acids is 1. The Balaban J connectivity index is 1.78. The maximum absolute atomic E-state index is 13.8. The summed E-state index contributed by atoms with van der Waals surface area (Å²) in [7, 11) is 0. The highest BCUT2D eigenvalue weighted by Gasteiger charge is 2.29. The molecule has 0 aliphatic carbocycles. The van der Waals surface area contributed by atoms with E-state index in [1.54, 1.807) is 4.57 Å². The molecule has 1 aliphatic rings. The van der Waals surface area contributed by atoms with Gasteiger partial charge in [-0.2, -0.15) is 0 Å². The molecule has 2 aromatic carbocycles. The van der Waals surface area contributed by atoms with E-state index in [2.05, 4.69) is 4.98 Å². The van der Waals surface area contributed by atoms with Crippen molar-refractivity contribution in [3.05, 3.63) is 65.2 Å². The number of imidazole rings is 1. The minimum absolute atomic E-state index is 0.0415. The van der Waals surface area contributed by atoms with Gasteiger partial charge in [0.05, 0.1) is 11.0 Å². The van der Waals surface area contributed by atoms with Crippen LogP contribution in [0.2, 0.25) is 0 Å². The standard InChI is InChI=1S/C18H11F4N3O2/c19-8-1-2-13-12(7-8)23-17-15(14(26)3-4-25(13)17)18(27)24-16-10(21)5-9(20)6-11(16)22/h1-2,5-7,26H,3-4H2,(H,24,27). The molecule has 0 radical (unpaired) electrons. The van der Waals surface area contributed by atoms with Gasteiger partial charge in [0, 0.05) is 31.2 Å². The second-order valence-electron chi connectivity index (χ2n) is 5.99. The molecule has 1 aliphatic heterocycles. The van der Waals surface area contributed by atoms with Crippen molar-refractivity contribution in [1.82, 2.24) is 9.55 Å². The van der Waals surface area contributed by atoms with Gasteiger partial charge in [-0.05, 0) is 12.1 Å². The third kappa shape index (κ3) is 2.80. The summed E-state index contributed by atoms with van der Waals surface area (Å²) in [5, 5.41) is 12.2. The fourth-order valence-electron chi connectivity index (χ4n) is 3.06. The summed E-state index contributed by atoms with van der Waals surface area (Å²) < 4.78 is 55.7. The van der Waals surface area contributed by atoms with Crippen LogP contribution in [0.25, 0.3) is 16.6 Å². The molecule has 5 nitrogen and oxygen atoms in total. The molecule has 0 unspecified atom stereocenters. The van der Waals surface area contributed by atoms with E-state index in [1.165, 1.54) is 18.2 Å². The van der Waals surface area contributed by atoms with E-state index in [-0.39, 0.29) is 29.1 Å². The number of benzene rings is 2. The summed E-state index contributed by atoms with van der Waals surface area (Å²) in [6.07, 6.45) is 0.0764. The van der Waals surface area contributed by atoms with E-state index in [1.807, 2.05) is 5.32 Å². The maximum atomic E-state index is 13.8. The lowest BCUT2D eigenvalue weighted by molar-refractivity contribution is -0.111. The fourth-order valence-corrected chi connectivity index (χ4v) is 3.06. The van der Waals surface area contributed by atoms with Gasteiger partial charge in [0.1, 0.15) is 34.5 Å². The van der Waals surface area contributed by atoms with Gasteiger partial charge in [-0.15, -0.1) is 0 Å². The summed E-state index contributed by atoms with van der Waals surface area (Å²) >= 11 is 0. The van der Waals surface area contributed by atoms with Gasteiger partial charge < -0.3 is 15.0 Å². The Morgan fingerprint density at radius 2 is 1.78 bits per heavy atom. The van der Waals surface area contributed by atoms with Crippen LogP contribution in [0, 0.1) is 23.3 Å². The average Bonchev–Trinajstić information content (AvgIpc) is 2.94. The zero-order valence-electron chi connectivity index (χ0n) is 13.6. The number of aliphatic hydroxyl groups excluding tert-OH is 1. The highest BCUT2D eigenvalue weighted by molar-refractivity contribution is 6.25. The molecule has 1 aromatic heterocycles. The topological polar surface area (TPSA) is 67.2 Å². The molecule has 9 heteroatoms. The number of aliphatic hydroxyl groups is 1. The van der Waals surface area contributed by atoms with Crippen molar-refractivity contribution in [1.29, 1.82) is 0 Å². The van der Waals surface area contributed by atoms with Gasteiger partial charge in [0.15, 0.2) is 11.6 Å². The summed E-state index contributed by atoms with van der Waals surface area (Å²) in [5.74, 6) is -5.55. The molecular weight excluding hydrogens is 366 g/mol. The number of hydrogen-bond donors (Lipinski definition) is 2. The first-order chi connectivity index (χ1) is 12.8. The molecule has 0 fully saturated rings. The molecule has 0 saturated heterocycles. The quantitative estimate of drug-likeness (QED) is 0.666. The molecule has 0 spiro atoms. The lowest BCUT2D eigenvalue weighted by atomic mass is 10.1. The fraction of sp³-hybridized carbons (Fsp3) is 0.111. The number of anilines is 1. The lowest BCUT2D eigenvalue weighted by Crippen LogP contribution is -2.23. The molecule has 3 aromatic rings. The monoisotopic (exact) mass is 377 g/mol. The summed E-state index contributed by atoms with van der Waals surface area (Å²) in [6.45, 7) is 0.291. The van der Waals surface area contributed by atoms with Crippen molar-refractivity contribution in [3.63, 3.8) is 0 Å². The predicted octanol–water partition coefficient (Wildman–Crippen LogP) is 3.90. The van der Waals surface area contributed by atoms with Crippen LogP contribution in [-0.2, 0) is 11.3 Å². The summed E-state index contributed by atoms with van der Waals surface area (Å²) in [4.78, 5) is 16.8. The van der Waals surface area contributed by atoms with Gasteiger partial charge in [0.25, 0.3) is 5.91 Å². The smallest absolute Gasteiger partial charge is 0.263 e. The molecule has 2 heterocycles. The lowest BCUT2D eigenvalue weighted by Gasteiger charge is -2.19. The van der Waals surface area contributed by atoms with E-state index in [0.29, 0.717) is 24.2 Å². The van der Waals surface area contributed by atoms with E-state index in [0.717, 1.165) is 0 Å². The molecule has 138 valence electrons. The summed E-state index contributed by atoms with van der Waals surface area (Å²) in [5.41, 5.74) is -0.325. The number of aromatic nitrogens is 2. The van der Waals surface area contributed by atoms with Crippen molar-refractivity contribution in [2.45, 2.75) is 13.0 Å². The number of nitrogens with one attached hydrogen (secondary N) is 1. The number of hydrogen-bond acceptors (Lipinski definition) is 3. The third-order valence-electron chi connectivity index (χ3n) is 4.27. The minimum atomic E-state index is -1.30. The number of allylic oxidation sites excluding steroid dienone is 1. The molecular formula is C18H11F4N3O2. The second-order valence-corrected chi connectivity index (χ2v) is 5.99. The zero-order valence-corrected chi connectivity index (χ0v) is 13.6. The molecule has 0 saturated carbocycles. The van der Waals surface area contributed by atoms with Crippen LogP contribution in [0.15, 0.2) is 36.1 Å². The van der Waals surface area contributed by atoms with E-state index in [9.17, 15) is 27.5 Å². The zero-order chi connectivity index (χ0) is 19.3. The van der Waals surface area contributed by atoms with E-state index < -0.39 is 34.9 Å². The number of fused-ring (bicyclic) bond motifs is 3. The van der Waals surface area contributed by atoms with Gasteiger partial charge in [-0.25, -0.2) is 22.5 Å². The number of nitrogens with zero attached hydrogens (tertiary/aromatic N) is 2. The normalized spacial score (nSPS) is 13.8. The first kappa shape index (κ1) is 17.1. The number of halogens is 4. The number of amides is 1. The number of rotatable bonds is 2. The van der Waals surface area contributed by atoms with Gasteiger partial charge >= 0.3 is 0 Å². The van der Waals surface area contributed by atoms with Crippen molar-refractivity contribution in [3.8, 4) is 0 Å². The molecule has 4 rings (SSSR count). The second kappa shape index (κ2) is 6.11. The first-order valence-electron chi connectivity index (χ1n) is 7.89. The average molecular weight is 377 g/mol. The van der Waals surface area contributed by atoms with Crippen LogP contribution in [0.4, 0.5) is 23.2 Å². The molecule has 27 heavy (non-hydrogen) atoms. The van der Waals surface area contributed by atoms with Crippen LogP contribution in [0.1, 0.15) is 12.2 Å². The minimum Gasteiger partial charge on any atom is -0.511 e. The van der Waals surface area contributed by atoms with Crippen molar-refractivity contribution in [2.75, 3.05) is 5.32 Å². The van der Waals surface area contributed by atoms with Crippen LogP contribution >= 0.6 is 0 Å². The van der Waals surface area contributed by atoms with Crippen LogP contribution < -0.4 is 5.32 Å². The molecule has 2 N–H and O–H groups in total. The SMILES string of the molecule is O=C(Nc1c(F)cc(F)cc1F)C1=C(O)CCn2c1nc1cc(F)ccc12. The van der Waals surface area contributed by atoms with E-state index >= 15 is 0 Å². The van der Waals surface area contributed by atoms with Crippen LogP contribution in [0.3, 0.4) is 0 Å². The Kier molecular flexibility index (Phi) is 3.87. The van der Waals surface area contributed by atoms with E-state index in [4.69, 9.17) is 0 Å². The Bertz CT molecular complexity index is 1110. The first-order valence-corrected chi connectivity index (χ1v) is 7.89. The van der Waals surface area contributed by atoms with Crippen molar-refractivity contribution < 1.29 is 27.5 Å². The van der Waals surface area contributed by atoms with Crippen molar-refractivity contribution >= 4 is 28.2 Å². The van der Waals surface area contributed by atoms with Gasteiger partial charge in [-0.1, -0.05) is 0 Å². The van der Waals surface area contributed by atoms with Crippen molar-refractivity contribution in [2.24, 2.45) is 0 Å². The molecule has 0 bridgehead atoms. The Morgan fingerprint density at radius 1 is 1.07 bits per heavy atom. The number of carbonyl (C=O) groups is 1. The number of aryl methyl sites for hydroxylation is 1. The summed E-state index contributed by atoms with van der Waals surface area (Å²) in [6, 6.07) is 4.74. The van der Waals surface area contributed by atoms with Gasteiger partial charge in [0.2, 0.25) is 0 Å². The highest BCUT2D eigenvalue weighted by atomic mass is 19.1. The van der Waals surface area contributed by atoms with Crippen LogP contribution in [0.5, 0.6) is 0 Å². The Hall–Kier alpha value is -3.36. The predicted molar refractivity (Wildman–Crippen MR) is 88.8 cm³/mol. The van der Waals surface area contributed by atoms with Gasteiger partial charge in [-0.3, -0.25) is 4.79 Å².